The van der Waals surface area contributed by atoms with Crippen molar-refractivity contribution in [3.63, 3.8) is 0 Å². The van der Waals surface area contributed by atoms with E-state index in [1.807, 2.05) is 0 Å². The molecule has 0 amide bonds. The van der Waals surface area contributed by atoms with Crippen molar-refractivity contribution >= 4 is 0 Å². The van der Waals surface area contributed by atoms with E-state index in [0.717, 1.165) is 19.0 Å². The van der Waals surface area contributed by atoms with Gasteiger partial charge in [0.05, 0.1) is 0 Å². The summed E-state index contributed by atoms with van der Waals surface area (Å²) in [5, 5.41) is 0. The van der Waals surface area contributed by atoms with Crippen molar-refractivity contribution in [1.29, 1.82) is 0 Å². The van der Waals surface area contributed by atoms with Crippen LogP contribution in [0.4, 0.5) is 0 Å². The molecule has 1 aliphatic rings. The van der Waals surface area contributed by atoms with Gasteiger partial charge >= 0.3 is 0 Å². The zero-order valence-corrected chi connectivity index (χ0v) is 7.71. The average Bonchev–Trinajstić information content (AvgIpc) is 2.36. The second-order valence-electron chi connectivity index (χ2n) is 3.66. The maximum atomic E-state index is 5.52. The molecular formula is C9H20N2. The SMILES string of the molecule is CC(CCN)N1CCCC1C. The highest BCUT2D eigenvalue weighted by Crippen LogP contribution is 2.20. The van der Waals surface area contributed by atoms with E-state index in [1.54, 1.807) is 0 Å². The lowest BCUT2D eigenvalue weighted by molar-refractivity contribution is 0.196. The van der Waals surface area contributed by atoms with Crippen LogP contribution < -0.4 is 5.73 Å². The average molecular weight is 156 g/mol. The molecule has 0 aliphatic carbocycles. The number of nitrogens with zero attached hydrogens (tertiary/aromatic N) is 1. The van der Waals surface area contributed by atoms with Gasteiger partial charge < -0.3 is 5.73 Å². The number of nitrogens with two attached hydrogens (primary N) is 1. The van der Waals surface area contributed by atoms with Gasteiger partial charge in [-0.1, -0.05) is 0 Å². The first-order valence-electron chi connectivity index (χ1n) is 4.71. The summed E-state index contributed by atoms with van der Waals surface area (Å²) >= 11 is 0. The lowest BCUT2D eigenvalue weighted by atomic mass is 10.2. The lowest BCUT2D eigenvalue weighted by Crippen LogP contribution is -2.36. The van der Waals surface area contributed by atoms with Crippen LogP contribution in [0.15, 0.2) is 0 Å². The van der Waals surface area contributed by atoms with Crippen LogP contribution in [0, 0.1) is 0 Å². The van der Waals surface area contributed by atoms with Gasteiger partial charge in [-0.25, -0.2) is 0 Å². The molecular weight excluding hydrogens is 136 g/mol. The molecule has 0 aromatic carbocycles. The van der Waals surface area contributed by atoms with Crippen LogP contribution in [0.25, 0.3) is 0 Å². The number of hydrogen-bond acceptors (Lipinski definition) is 2. The van der Waals surface area contributed by atoms with E-state index in [-0.39, 0.29) is 0 Å². The molecule has 2 atom stereocenters. The molecule has 66 valence electrons. The van der Waals surface area contributed by atoms with Crippen LogP contribution in [-0.2, 0) is 0 Å². The van der Waals surface area contributed by atoms with Crippen molar-refractivity contribution in [3.05, 3.63) is 0 Å². The normalized spacial score (nSPS) is 29.2. The second kappa shape index (κ2) is 4.07. The Morgan fingerprint density at radius 1 is 1.64 bits per heavy atom. The van der Waals surface area contributed by atoms with Gasteiger partial charge in [0.2, 0.25) is 0 Å². The lowest BCUT2D eigenvalue weighted by Gasteiger charge is -2.27. The Kier molecular flexibility index (Phi) is 3.34. The van der Waals surface area contributed by atoms with E-state index in [9.17, 15) is 0 Å². The summed E-state index contributed by atoms with van der Waals surface area (Å²) in [6.45, 7) is 6.71. The quantitative estimate of drug-likeness (QED) is 0.665. The number of rotatable bonds is 3. The Morgan fingerprint density at radius 2 is 2.36 bits per heavy atom. The zero-order valence-electron chi connectivity index (χ0n) is 7.71. The Bertz CT molecular complexity index is 114. The molecule has 2 nitrogen and oxygen atoms in total. The Hall–Kier alpha value is -0.0800. The summed E-state index contributed by atoms with van der Waals surface area (Å²) in [5.41, 5.74) is 5.52. The molecule has 1 saturated heterocycles. The van der Waals surface area contributed by atoms with Crippen LogP contribution >= 0.6 is 0 Å². The third kappa shape index (κ3) is 2.17. The van der Waals surface area contributed by atoms with Crippen molar-refractivity contribution in [2.45, 2.75) is 45.2 Å². The fourth-order valence-electron chi connectivity index (χ4n) is 2.02. The van der Waals surface area contributed by atoms with Gasteiger partial charge in [0.15, 0.2) is 0 Å². The summed E-state index contributed by atoms with van der Waals surface area (Å²) in [5.74, 6) is 0. The van der Waals surface area contributed by atoms with Gasteiger partial charge in [-0.05, 0) is 46.2 Å². The Balaban J connectivity index is 2.33. The summed E-state index contributed by atoms with van der Waals surface area (Å²) in [6.07, 6.45) is 3.88. The van der Waals surface area contributed by atoms with Crippen molar-refractivity contribution < 1.29 is 0 Å². The van der Waals surface area contributed by atoms with Gasteiger partial charge in [-0.15, -0.1) is 0 Å². The molecule has 2 unspecified atom stereocenters. The van der Waals surface area contributed by atoms with E-state index in [1.165, 1.54) is 19.4 Å². The highest BCUT2D eigenvalue weighted by molar-refractivity contribution is 4.79. The van der Waals surface area contributed by atoms with Crippen LogP contribution in [0.5, 0.6) is 0 Å². The largest absolute Gasteiger partial charge is 0.330 e. The van der Waals surface area contributed by atoms with Gasteiger partial charge in [0.1, 0.15) is 0 Å². The van der Waals surface area contributed by atoms with Crippen LogP contribution in [0.2, 0.25) is 0 Å². The fraction of sp³-hybridized carbons (Fsp3) is 1.00. The van der Waals surface area contributed by atoms with Crippen LogP contribution in [0.1, 0.15) is 33.1 Å². The molecule has 1 heterocycles. The van der Waals surface area contributed by atoms with Gasteiger partial charge in [-0.2, -0.15) is 0 Å². The smallest absolute Gasteiger partial charge is 0.00817 e. The van der Waals surface area contributed by atoms with E-state index in [4.69, 9.17) is 5.73 Å². The molecule has 0 bridgehead atoms. The highest BCUT2D eigenvalue weighted by Gasteiger charge is 2.23. The van der Waals surface area contributed by atoms with E-state index in [0.29, 0.717) is 6.04 Å². The Labute approximate surface area is 69.8 Å². The van der Waals surface area contributed by atoms with Crippen molar-refractivity contribution in [2.75, 3.05) is 13.1 Å². The van der Waals surface area contributed by atoms with E-state index in [2.05, 4.69) is 18.7 Å². The monoisotopic (exact) mass is 156 g/mol. The topological polar surface area (TPSA) is 29.3 Å². The third-order valence-electron chi connectivity index (χ3n) is 2.75. The van der Waals surface area contributed by atoms with E-state index >= 15 is 0 Å². The number of hydrogen-bond donors (Lipinski definition) is 1. The van der Waals surface area contributed by atoms with Crippen molar-refractivity contribution in [2.24, 2.45) is 5.73 Å². The first-order valence-corrected chi connectivity index (χ1v) is 4.71. The molecule has 0 aromatic heterocycles. The van der Waals surface area contributed by atoms with Gasteiger partial charge in [0.25, 0.3) is 0 Å². The Morgan fingerprint density at radius 3 is 2.82 bits per heavy atom. The standard InChI is InChI=1S/C9H20N2/c1-8-4-3-7-11(8)9(2)5-6-10/h8-9H,3-7,10H2,1-2H3. The van der Waals surface area contributed by atoms with Crippen LogP contribution in [0.3, 0.4) is 0 Å². The zero-order chi connectivity index (χ0) is 8.27. The fourth-order valence-corrected chi connectivity index (χ4v) is 2.02. The predicted molar refractivity (Wildman–Crippen MR) is 48.5 cm³/mol. The van der Waals surface area contributed by atoms with Gasteiger partial charge in [0, 0.05) is 12.1 Å². The molecule has 0 aromatic rings. The first kappa shape index (κ1) is 9.01. The molecule has 0 spiro atoms. The number of likely N-dealkylation sites (tertiary alicyclic amines) is 1. The van der Waals surface area contributed by atoms with Gasteiger partial charge in [-0.3, -0.25) is 4.90 Å². The molecule has 1 aliphatic heterocycles. The summed E-state index contributed by atoms with van der Waals surface area (Å²) in [6, 6.07) is 1.48. The molecule has 2 N–H and O–H groups in total. The highest BCUT2D eigenvalue weighted by atomic mass is 15.2. The molecule has 0 saturated carbocycles. The molecule has 1 fully saturated rings. The minimum Gasteiger partial charge on any atom is -0.330 e. The minimum atomic E-state index is 0.692. The summed E-state index contributed by atoms with van der Waals surface area (Å²) < 4.78 is 0. The van der Waals surface area contributed by atoms with Crippen LogP contribution in [-0.4, -0.2) is 30.1 Å². The summed E-state index contributed by atoms with van der Waals surface area (Å²) in [7, 11) is 0. The molecule has 2 heteroatoms. The van der Waals surface area contributed by atoms with Crippen molar-refractivity contribution in [3.8, 4) is 0 Å². The maximum absolute atomic E-state index is 5.52. The second-order valence-corrected chi connectivity index (χ2v) is 3.66. The van der Waals surface area contributed by atoms with Crippen molar-refractivity contribution in [1.82, 2.24) is 4.90 Å². The predicted octanol–water partition coefficient (Wildman–Crippen LogP) is 1.21. The third-order valence-corrected chi connectivity index (χ3v) is 2.75. The molecule has 11 heavy (non-hydrogen) atoms. The first-order chi connectivity index (χ1) is 5.25. The van der Waals surface area contributed by atoms with E-state index < -0.39 is 0 Å². The minimum absolute atomic E-state index is 0.692. The maximum Gasteiger partial charge on any atom is 0.00817 e. The summed E-state index contributed by atoms with van der Waals surface area (Å²) in [4.78, 5) is 2.58. The molecule has 1 rings (SSSR count). The molecule has 0 radical (unpaired) electrons.